The first-order chi connectivity index (χ1) is 13.4. The summed E-state index contributed by atoms with van der Waals surface area (Å²) >= 11 is 0. The third kappa shape index (κ3) is 29.1. The van der Waals surface area contributed by atoms with E-state index in [9.17, 15) is 9.59 Å². The Kier molecular flexibility index (Phi) is 15.3. The molecule has 6 nitrogen and oxygen atoms in total. The maximum absolute atomic E-state index is 11.3. The van der Waals surface area contributed by atoms with E-state index in [1.165, 1.54) is 0 Å². The van der Waals surface area contributed by atoms with E-state index in [0.717, 1.165) is 19.4 Å². The normalized spacial score (nSPS) is 18.6. The third-order valence-electron chi connectivity index (χ3n) is 3.95. The molecule has 30 heavy (non-hydrogen) atoms. The summed E-state index contributed by atoms with van der Waals surface area (Å²) in [5.74, 6) is -0.298. The van der Waals surface area contributed by atoms with Crippen LogP contribution in [0.1, 0.15) is 94.9 Å². The second kappa shape index (κ2) is 14.8. The van der Waals surface area contributed by atoms with Crippen molar-refractivity contribution >= 4 is 11.9 Å². The number of aliphatic hydroxyl groups is 1. The monoisotopic (exact) mass is 432 g/mol. The molecule has 0 radical (unpaired) electrons. The van der Waals surface area contributed by atoms with Gasteiger partial charge < -0.3 is 19.7 Å². The van der Waals surface area contributed by atoms with Gasteiger partial charge in [0.1, 0.15) is 6.61 Å². The van der Waals surface area contributed by atoms with Crippen LogP contribution in [0.15, 0.2) is 0 Å². The first-order valence-electron chi connectivity index (χ1n) is 11.1. The lowest BCUT2D eigenvalue weighted by atomic mass is 9.84. The molecule has 2 N–H and O–H groups in total. The van der Waals surface area contributed by atoms with E-state index >= 15 is 0 Å². The minimum atomic E-state index is -0.693. The molecule has 0 aromatic rings. The van der Waals surface area contributed by atoms with E-state index in [-0.39, 0.29) is 35.7 Å². The average molecular weight is 433 g/mol. The number of carbonyl (C=O) groups is 2. The number of hydrogen-bond donors (Lipinski definition) is 2. The highest BCUT2D eigenvalue weighted by molar-refractivity contribution is 5.69. The number of carbonyl (C=O) groups excluding carboxylic acids is 1. The number of hydrogen-bond acceptors (Lipinski definition) is 5. The molecule has 1 heterocycles. The third-order valence-corrected chi connectivity index (χ3v) is 3.95. The average Bonchev–Trinajstić information content (AvgIpc) is 3.23. The predicted molar refractivity (Wildman–Crippen MR) is 121 cm³/mol. The molecule has 0 aliphatic carbocycles. The quantitative estimate of drug-likeness (QED) is 0.398. The minimum Gasteiger partial charge on any atom is -0.481 e. The summed E-state index contributed by atoms with van der Waals surface area (Å²) in [5, 5.41) is 17.4. The Bertz CT molecular complexity index is 469. The summed E-state index contributed by atoms with van der Waals surface area (Å²) in [6.45, 7) is 21.6. The van der Waals surface area contributed by atoms with Crippen molar-refractivity contribution in [3.05, 3.63) is 0 Å². The van der Waals surface area contributed by atoms with E-state index < -0.39 is 12.1 Å². The molecule has 4 atom stereocenters. The molecule has 6 heteroatoms. The number of aliphatic carboxylic acids is 1. The molecule has 1 rings (SSSR count). The maximum Gasteiger partial charge on any atom is 0.306 e. The highest BCUT2D eigenvalue weighted by atomic mass is 16.6. The van der Waals surface area contributed by atoms with Crippen LogP contribution in [0.25, 0.3) is 0 Å². The van der Waals surface area contributed by atoms with Crippen LogP contribution in [-0.2, 0) is 19.1 Å². The van der Waals surface area contributed by atoms with Gasteiger partial charge in [-0.1, -0.05) is 55.4 Å². The van der Waals surface area contributed by atoms with Crippen molar-refractivity contribution in [2.24, 2.45) is 22.7 Å². The number of esters is 1. The molecule has 1 aliphatic heterocycles. The van der Waals surface area contributed by atoms with Crippen molar-refractivity contribution in [1.82, 2.24) is 0 Å². The topological polar surface area (TPSA) is 96.4 Å². The van der Waals surface area contributed by atoms with E-state index in [1.807, 2.05) is 6.92 Å². The summed E-state index contributed by atoms with van der Waals surface area (Å²) in [6, 6.07) is 0. The standard InChI is InChI=1S/C12H24O3.C9H18O2.C3H6O/c1-9(7-12(3,4)5)6-11(14)15-8-10(2)13;1-7(5-8(10)11)6-9(2,3)4;1-3-2-4-3/h9-10,13H,6-8H2,1-5H3;7H,5-6H2,1-4H3,(H,10,11);3H,2H2,1H3. The summed E-state index contributed by atoms with van der Waals surface area (Å²) < 4.78 is 9.61. The largest absolute Gasteiger partial charge is 0.481 e. The smallest absolute Gasteiger partial charge is 0.306 e. The van der Waals surface area contributed by atoms with Gasteiger partial charge in [-0.2, -0.15) is 0 Å². The Morgan fingerprint density at radius 1 is 0.967 bits per heavy atom. The van der Waals surface area contributed by atoms with E-state index in [4.69, 9.17) is 19.7 Å². The molecular formula is C24H48O6. The molecule has 0 aromatic heterocycles. The van der Waals surface area contributed by atoms with Crippen LogP contribution in [0.4, 0.5) is 0 Å². The lowest BCUT2D eigenvalue weighted by molar-refractivity contribution is -0.147. The van der Waals surface area contributed by atoms with E-state index in [1.54, 1.807) is 6.92 Å². The first kappa shape index (κ1) is 31.0. The van der Waals surface area contributed by atoms with Crippen molar-refractivity contribution in [2.45, 2.75) is 107 Å². The second-order valence-electron chi connectivity index (χ2n) is 11.2. The zero-order valence-corrected chi connectivity index (χ0v) is 21.1. The van der Waals surface area contributed by atoms with E-state index in [2.05, 4.69) is 55.4 Å². The highest BCUT2D eigenvalue weighted by Gasteiger charge is 2.19. The molecule has 1 saturated heterocycles. The molecule has 0 bridgehead atoms. The second-order valence-corrected chi connectivity index (χ2v) is 11.2. The Morgan fingerprint density at radius 3 is 1.60 bits per heavy atom. The number of ether oxygens (including phenoxy) is 2. The van der Waals surface area contributed by atoms with Gasteiger partial charge in [0.2, 0.25) is 0 Å². The van der Waals surface area contributed by atoms with Crippen molar-refractivity contribution in [3.63, 3.8) is 0 Å². The number of carboxylic acid groups (broad SMARTS) is 1. The fourth-order valence-electron chi connectivity index (χ4n) is 3.19. The lowest BCUT2D eigenvalue weighted by Crippen LogP contribution is -2.19. The fourth-order valence-corrected chi connectivity index (χ4v) is 3.19. The first-order valence-corrected chi connectivity index (χ1v) is 11.1. The highest BCUT2D eigenvalue weighted by Crippen LogP contribution is 2.26. The molecule has 180 valence electrons. The SMILES string of the molecule is CC(CC(=O)O)CC(C)(C)C.CC(O)COC(=O)CC(C)CC(C)(C)C.CC1CO1. The Balaban J connectivity index is 0. The van der Waals surface area contributed by atoms with Crippen molar-refractivity contribution in [1.29, 1.82) is 0 Å². The van der Waals surface area contributed by atoms with Crippen molar-refractivity contribution in [2.75, 3.05) is 13.2 Å². The van der Waals surface area contributed by atoms with Crippen LogP contribution < -0.4 is 0 Å². The van der Waals surface area contributed by atoms with Gasteiger partial charge in [-0.15, -0.1) is 0 Å². The fraction of sp³-hybridized carbons (Fsp3) is 0.917. The van der Waals surface area contributed by atoms with Gasteiger partial charge >= 0.3 is 11.9 Å². The molecule has 1 fully saturated rings. The molecule has 0 spiro atoms. The van der Waals surface area contributed by atoms with Crippen LogP contribution in [0.3, 0.4) is 0 Å². The number of carboxylic acids is 1. The van der Waals surface area contributed by atoms with Gasteiger partial charge in [0, 0.05) is 12.8 Å². The Morgan fingerprint density at radius 2 is 1.33 bits per heavy atom. The summed E-state index contributed by atoms with van der Waals surface area (Å²) in [6.07, 6.45) is 2.70. The molecular weight excluding hydrogens is 384 g/mol. The van der Waals surface area contributed by atoms with Crippen LogP contribution in [0.5, 0.6) is 0 Å². The van der Waals surface area contributed by atoms with Gasteiger partial charge in [0.05, 0.1) is 18.8 Å². The van der Waals surface area contributed by atoms with Gasteiger partial charge in [-0.3, -0.25) is 9.59 Å². The Labute approximate surface area is 184 Å². The van der Waals surface area contributed by atoms with Gasteiger partial charge in [-0.25, -0.2) is 0 Å². The molecule has 0 amide bonds. The van der Waals surface area contributed by atoms with Gasteiger partial charge in [-0.05, 0) is 49.4 Å². The lowest BCUT2D eigenvalue weighted by Gasteiger charge is -2.22. The van der Waals surface area contributed by atoms with Crippen LogP contribution in [-0.4, -0.2) is 47.6 Å². The summed E-state index contributed by atoms with van der Waals surface area (Å²) in [5.41, 5.74) is 0.485. The number of aliphatic hydroxyl groups excluding tert-OH is 1. The van der Waals surface area contributed by atoms with Crippen LogP contribution in [0, 0.1) is 22.7 Å². The molecule has 0 aromatic carbocycles. The zero-order valence-electron chi connectivity index (χ0n) is 21.1. The molecule has 4 unspecified atom stereocenters. The minimum absolute atomic E-state index is 0.0983. The van der Waals surface area contributed by atoms with Crippen LogP contribution >= 0.6 is 0 Å². The zero-order chi connectivity index (χ0) is 24.1. The van der Waals surface area contributed by atoms with Crippen molar-refractivity contribution < 1.29 is 29.3 Å². The van der Waals surface area contributed by atoms with Gasteiger partial charge in [0.25, 0.3) is 0 Å². The Hall–Kier alpha value is -1.14. The van der Waals surface area contributed by atoms with Crippen molar-refractivity contribution in [3.8, 4) is 0 Å². The van der Waals surface area contributed by atoms with E-state index in [0.29, 0.717) is 18.4 Å². The summed E-state index contributed by atoms with van der Waals surface area (Å²) in [7, 11) is 0. The summed E-state index contributed by atoms with van der Waals surface area (Å²) in [4.78, 5) is 21.6. The van der Waals surface area contributed by atoms with Gasteiger partial charge in [0.15, 0.2) is 0 Å². The molecule has 0 saturated carbocycles. The number of rotatable bonds is 8. The maximum atomic E-state index is 11.3. The predicted octanol–water partition coefficient (Wildman–Crippen LogP) is 5.31. The molecule has 1 aliphatic rings. The van der Waals surface area contributed by atoms with Crippen LogP contribution in [0.2, 0.25) is 0 Å². The number of epoxide rings is 1.